The second-order valence-corrected chi connectivity index (χ2v) is 5.28. The molecule has 20 heavy (non-hydrogen) atoms. The average Bonchev–Trinajstić information content (AvgIpc) is 2.46. The standard InChI is InChI=1S/C16H22N2O2/c1-12-7-6-8-13(2)16(12)20-11-15(19)18-17-14-9-4-3-5-10-14/h6-8H,3-5,9-11H2,1-2H3,(H,18,19). The van der Waals surface area contributed by atoms with Gasteiger partial charge < -0.3 is 4.74 Å². The third-order valence-corrected chi connectivity index (χ3v) is 3.53. The summed E-state index contributed by atoms with van der Waals surface area (Å²) < 4.78 is 5.59. The Kier molecular flexibility index (Phi) is 5.16. The molecule has 1 fully saturated rings. The lowest BCUT2D eigenvalue weighted by atomic mass is 9.99. The zero-order valence-electron chi connectivity index (χ0n) is 12.2. The van der Waals surface area contributed by atoms with Gasteiger partial charge in [-0.25, -0.2) is 5.43 Å². The highest BCUT2D eigenvalue weighted by Crippen LogP contribution is 2.22. The van der Waals surface area contributed by atoms with Crippen LogP contribution in [0.25, 0.3) is 0 Å². The summed E-state index contributed by atoms with van der Waals surface area (Å²) in [5.41, 5.74) is 5.76. The first-order chi connectivity index (χ1) is 9.66. The maximum atomic E-state index is 11.7. The van der Waals surface area contributed by atoms with Crippen molar-refractivity contribution in [3.8, 4) is 5.75 Å². The van der Waals surface area contributed by atoms with Crippen LogP contribution in [-0.4, -0.2) is 18.2 Å². The van der Waals surface area contributed by atoms with E-state index in [0.717, 1.165) is 35.4 Å². The topological polar surface area (TPSA) is 50.7 Å². The molecule has 0 aliphatic heterocycles. The van der Waals surface area contributed by atoms with Crippen molar-refractivity contribution < 1.29 is 9.53 Å². The largest absolute Gasteiger partial charge is 0.483 e. The summed E-state index contributed by atoms with van der Waals surface area (Å²) in [7, 11) is 0. The lowest BCUT2D eigenvalue weighted by Crippen LogP contribution is -2.26. The minimum atomic E-state index is -0.203. The molecule has 0 unspecified atom stereocenters. The number of hydrogen-bond acceptors (Lipinski definition) is 3. The highest BCUT2D eigenvalue weighted by atomic mass is 16.5. The molecule has 108 valence electrons. The number of amides is 1. The van der Waals surface area contributed by atoms with Crippen LogP contribution in [0, 0.1) is 13.8 Å². The number of nitrogens with one attached hydrogen (secondary N) is 1. The van der Waals surface area contributed by atoms with E-state index in [4.69, 9.17) is 4.74 Å². The van der Waals surface area contributed by atoms with Crippen LogP contribution in [0.5, 0.6) is 5.75 Å². The fraction of sp³-hybridized carbons (Fsp3) is 0.500. The zero-order chi connectivity index (χ0) is 14.4. The Morgan fingerprint density at radius 2 is 1.85 bits per heavy atom. The lowest BCUT2D eigenvalue weighted by molar-refractivity contribution is -0.123. The van der Waals surface area contributed by atoms with Gasteiger partial charge in [-0.15, -0.1) is 0 Å². The van der Waals surface area contributed by atoms with Gasteiger partial charge in [0.1, 0.15) is 5.75 Å². The molecule has 1 N–H and O–H groups in total. The van der Waals surface area contributed by atoms with Crippen molar-refractivity contribution in [3.05, 3.63) is 29.3 Å². The highest BCUT2D eigenvalue weighted by Gasteiger charge is 2.09. The molecule has 1 aliphatic carbocycles. The Morgan fingerprint density at radius 1 is 1.20 bits per heavy atom. The van der Waals surface area contributed by atoms with E-state index in [1.54, 1.807) is 0 Å². The van der Waals surface area contributed by atoms with Gasteiger partial charge in [-0.05, 0) is 50.7 Å². The normalized spacial score (nSPS) is 14.8. The van der Waals surface area contributed by atoms with Crippen LogP contribution in [0.4, 0.5) is 0 Å². The Labute approximate surface area is 120 Å². The third kappa shape index (κ3) is 4.08. The Bertz CT molecular complexity index is 481. The van der Waals surface area contributed by atoms with E-state index < -0.39 is 0 Å². The fourth-order valence-electron chi connectivity index (χ4n) is 2.41. The molecular formula is C16H22N2O2. The van der Waals surface area contributed by atoms with Crippen molar-refractivity contribution in [2.75, 3.05) is 6.61 Å². The molecule has 0 heterocycles. The zero-order valence-corrected chi connectivity index (χ0v) is 12.2. The summed E-state index contributed by atoms with van der Waals surface area (Å²) in [5, 5.41) is 4.18. The molecule has 1 aliphatic rings. The molecular weight excluding hydrogens is 252 g/mol. The van der Waals surface area contributed by atoms with Crippen molar-refractivity contribution in [2.24, 2.45) is 5.10 Å². The van der Waals surface area contributed by atoms with Crippen molar-refractivity contribution >= 4 is 11.6 Å². The van der Waals surface area contributed by atoms with Crippen molar-refractivity contribution in [1.29, 1.82) is 0 Å². The molecule has 0 saturated heterocycles. The maximum absolute atomic E-state index is 11.7. The molecule has 0 radical (unpaired) electrons. The van der Waals surface area contributed by atoms with Gasteiger partial charge in [0.05, 0.1) is 0 Å². The van der Waals surface area contributed by atoms with E-state index in [2.05, 4.69) is 10.5 Å². The van der Waals surface area contributed by atoms with Gasteiger partial charge in [-0.3, -0.25) is 4.79 Å². The van der Waals surface area contributed by atoms with Gasteiger partial charge in [0.25, 0.3) is 5.91 Å². The van der Waals surface area contributed by atoms with Crippen LogP contribution in [0.2, 0.25) is 0 Å². The number of hydrazone groups is 1. The minimum absolute atomic E-state index is 0.00245. The molecule has 4 heteroatoms. The van der Waals surface area contributed by atoms with Crippen LogP contribution in [-0.2, 0) is 4.79 Å². The monoisotopic (exact) mass is 274 g/mol. The Balaban J connectivity index is 1.83. The Morgan fingerprint density at radius 3 is 2.50 bits per heavy atom. The number of carbonyl (C=O) groups is 1. The molecule has 1 saturated carbocycles. The first-order valence-electron chi connectivity index (χ1n) is 7.20. The lowest BCUT2D eigenvalue weighted by Gasteiger charge is -2.13. The van der Waals surface area contributed by atoms with Gasteiger partial charge in [0.15, 0.2) is 6.61 Å². The van der Waals surface area contributed by atoms with E-state index in [1.165, 1.54) is 19.3 Å². The van der Waals surface area contributed by atoms with Crippen LogP contribution >= 0.6 is 0 Å². The quantitative estimate of drug-likeness (QED) is 0.858. The molecule has 1 amide bonds. The summed E-state index contributed by atoms with van der Waals surface area (Å²) in [6.07, 6.45) is 5.61. The number of nitrogens with zero attached hydrogens (tertiary/aromatic N) is 1. The van der Waals surface area contributed by atoms with E-state index in [0.29, 0.717) is 0 Å². The number of rotatable bonds is 4. The van der Waals surface area contributed by atoms with Crippen molar-refractivity contribution in [1.82, 2.24) is 5.43 Å². The van der Waals surface area contributed by atoms with Gasteiger partial charge in [0.2, 0.25) is 0 Å². The number of hydrogen-bond donors (Lipinski definition) is 1. The summed E-state index contributed by atoms with van der Waals surface area (Å²) >= 11 is 0. The van der Waals surface area contributed by atoms with Crippen LogP contribution < -0.4 is 10.2 Å². The van der Waals surface area contributed by atoms with E-state index in [1.807, 2.05) is 32.0 Å². The first kappa shape index (κ1) is 14.6. The van der Waals surface area contributed by atoms with Crippen molar-refractivity contribution in [2.45, 2.75) is 46.0 Å². The smallest absolute Gasteiger partial charge is 0.277 e. The number of para-hydroxylation sites is 1. The van der Waals surface area contributed by atoms with Crippen molar-refractivity contribution in [3.63, 3.8) is 0 Å². The van der Waals surface area contributed by atoms with Gasteiger partial charge in [0, 0.05) is 5.71 Å². The van der Waals surface area contributed by atoms with Gasteiger partial charge in [-0.2, -0.15) is 5.10 Å². The van der Waals surface area contributed by atoms with Gasteiger partial charge >= 0.3 is 0 Å². The molecule has 4 nitrogen and oxygen atoms in total. The molecule has 0 spiro atoms. The second-order valence-electron chi connectivity index (χ2n) is 5.28. The third-order valence-electron chi connectivity index (χ3n) is 3.53. The van der Waals surface area contributed by atoms with Crippen LogP contribution in [0.3, 0.4) is 0 Å². The highest BCUT2D eigenvalue weighted by molar-refractivity contribution is 5.87. The number of benzene rings is 1. The maximum Gasteiger partial charge on any atom is 0.277 e. The SMILES string of the molecule is Cc1cccc(C)c1OCC(=O)NN=C1CCCCC1. The molecule has 0 atom stereocenters. The predicted molar refractivity (Wildman–Crippen MR) is 80.1 cm³/mol. The van der Waals surface area contributed by atoms with Gasteiger partial charge in [-0.1, -0.05) is 24.6 Å². The number of carbonyl (C=O) groups excluding carboxylic acids is 1. The predicted octanol–water partition coefficient (Wildman–Crippen LogP) is 3.12. The molecule has 0 bridgehead atoms. The molecule has 1 aromatic rings. The summed E-state index contributed by atoms with van der Waals surface area (Å²) in [6, 6.07) is 5.93. The average molecular weight is 274 g/mol. The fourth-order valence-corrected chi connectivity index (χ4v) is 2.41. The summed E-state index contributed by atoms with van der Waals surface area (Å²) in [6.45, 7) is 3.95. The van der Waals surface area contributed by atoms with Crippen LogP contribution in [0.1, 0.15) is 43.2 Å². The van der Waals surface area contributed by atoms with E-state index in [-0.39, 0.29) is 12.5 Å². The molecule has 2 rings (SSSR count). The summed E-state index contributed by atoms with van der Waals surface area (Å²) in [5.74, 6) is 0.582. The van der Waals surface area contributed by atoms with Crippen LogP contribution in [0.15, 0.2) is 23.3 Å². The second kappa shape index (κ2) is 7.08. The minimum Gasteiger partial charge on any atom is -0.483 e. The number of aryl methyl sites for hydroxylation is 2. The molecule has 0 aromatic heterocycles. The Hall–Kier alpha value is -1.84. The van der Waals surface area contributed by atoms with E-state index >= 15 is 0 Å². The molecule has 1 aromatic carbocycles. The van der Waals surface area contributed by atoms with E-state index in [9.17, 15) is 4.79 Å². The summed E-state index contributed by atoms with van der Waals surface area (Å²) in [4.78, 5) is 11.7. The first-order valence-corrected chi connectivity index (χ1v) is 7.20. The number of ether oxygens (including phenoxy) is 1.